The third-order valence-electron chi connectivity index (χ3n) is 2.59. The van der Waals surface area contributed by atoms with E-state index in [1.807, 2.05) is 0 Å². The normalized spacial score (nSPS) is 12.5. The quantitative estimate of drug-likeness (QED) is 0.579. The van der Waals surface area contributed by atoms with Crippen LogP contribution in [0.5, 0.6) is 0 Å². The number of fused-ring (bicyclic) bond motifs is 3. The molecule has 0 bridgehead atoms. The number of carbonyl (C=O) groups is 1. The topological polar surface area (TPSA) is 30.0 Å². The summed E-state index contributed by atoms with van der Waals surface area (Å²) < 4.78 is 26.6. The molecule has 0 radical (unpaired) electrons. The first-order valence-corrected chi connectivity index (χ1v) is 4.67. The number of pyridine rings is 1. The van der Waals surface area contributed by atoms with Gasteiger partial charge >= 0.3 is 0 Å². The van der Waals surface area contributed by atoms with Crippen molar-refractivity contribution in [3.63, 3.8) is 0 Å². The Morgan fingerprint density at radius 2 is 1.94 bits per heavy atom. The highest BCUT2D eigenvalue weighted by molar-refractivity contribution is 6.20. The number of hydrogen-bond donors (Lipinski definition) is 0. The van der Waals surface area contributed by atoms with Gasteiger partial charge in [-0.3, -0.25) is 9.78 Å². The molecule has 4 heteroatoms. The van der Waals surface area contributed by atoms with Crippen LogP contribution >= 0.6 is 0 Å². The largest absolute Gasteiger partial charge is 0.288 e. The molecule has 2 nitrogen and oxygen atoms in total. The standard InChI is InChI=1S/C12H5F2NO/c13-6-4-8-10(9(14)5-6)11-7(12(8)16)2-1-3-15-11/h1-5H. The average Bonchev–Trinajstić information content (AvgIpc) is 2.54. The molecule has 16 heavy (non-hydrogen) atoms. The monoisotopic (exact) mass is 217 g/mol. The first-order valence-electron chi connectivity index (χ1n) is 4.67. The van der Waals surface area contributed by atoms with Crippen LogP contribution in [0.25, 0.3) is 11.3 Å². The molecule has 0 aliphatic heterocycles. The van der Waals surface area contributed by atoms with Crippen molar-refractivity contribution >= 4 is 5.78 Å². The van der Waals surface area contributed by atoms with E-state index in [0.29, 0.717) is 11.3 Å². The molecule has 0 fully saturated rings. The first kappa shape index (κ1) is 9.15. The summed E-state index contributed by atoms with van der Waals surface area (Å²) in [5, 5.41) is 0. The fourth-order valence-electron chi connectivity index (χ4n) is 1.93. The van der Waals surface area contributed by atoms with Crippen LogP contribution < -0.4 is 0 Å². The lowest BCUT2D eigenvalue weighted by Gasteiger charge is -2.00. The van der Waals surface area contributed by atoms with E-state index in [2.05, 4.69) is 4.98 Å². The van der Waals surface area contributed by atoms with Gasteiger partial charge in [0.05, 0.1) is 5.69 Å². The molecule has 0 unspecified atom stereocenters. The number of carbonyl (C=O) groups excluding carboxylic acids is 1. The van der Waals surface area contributed by atoms with Crippen molar-refractivity contribution in [3.8, 4) is 11.3 Å². The van der Waals surface area contributed by atoms with Gasteiger partial charge in [0.1, 0.15) is 11.6 Å². The molecule has 1 aromatic carbocycles. The van der Waals surface area contributed by atoms with E-state index < -0.39 is 11.6 Å². The summed E-state index contributed by atoms with van der Waals surface area (Å²) in [6, 6.07) is 4.96. The highest BCUT2D eigenvalue weighted by Gasteiger charge is 2.30. The third-order valence-corrected chi connectivity index (χ3v) is 2.59. The molecular formula is C12H5F2NO. The van der Waals surface area contributed by atoms with Crippen molar-refractivity contribution in [1.82, 2.24) is 4.98 Å². The molecule has 1 aromatic heterocycles. The van der Waals surface area contributed by atoms with E-state index in [4.69, 9.17) is 0 Å². The fraction of sp³-hybridized carbons (Fsp3) is 0. The minimum absolute atomic E-state index is 0.0474. The van der Waals surface area contributed by atoms with Crippen molar-refractivity contribution in [1.29, 1.82) is 0 Å². The van der Waals surface area contributed by atoms with Crippen molar-refractivity contribution in [2.45, 2.75) is 0 Å². The maximum atomic E-state index is 13.6. The molecule has 1 aliphatic rings. The van der Waals surface area contributed by atoms with Gasteiger partial charge in [-0.15, -0.1) is 0 Å². The number of aromatic nitrogens is 1. The Bertz CT molecular complexity index is 622. The number of halogens is 2. The van der Waals surface area contributed by atoms with Gasteiger partial charge in [0.2, 0.25) is 0 Å². The number of benzene rings is 1. The predicted molar refractivity (Wildman–Crippen MR) is 53.0 cm³/mol. The van der Waals surface area contributed by atoms with Gasteiger partial charge in [-0.1, -0.05) is 0 Å². The molecule has 0 saturated heterocycles. The second kappa shape index (κ2) is 2.95. The lowest BCUT2D eigenvalue weighted by molar-refractivity contribution is 0.104. The van der Waals surface area contributed by atoms with Crippen molar-refractivity contribution in [3.05, 3.63) is 53.2 Å². The lowest BCUT2D eigenvalue weighted by atomic mass is 10.1. The van der Waals surface area contributed by atoms with E-state index in [-0.39, 0.29) is 16.9 Å². The molecule has 78 valence electrons. The van der Waals surface area contributed by atoms with E-state index in [9.17, 15) is 13.6 Å². The smallest absolute Gasteiger partial charge is 0.196 e. The van der Waals surface area contributed by atoms with Crippen LogP contribution in [0, 0.1) is 11.6 Å². The lowest BCUT2D eigenvalue weighted by Crippen LogP contribution is -1.96. The van der Waals surface area contributed by atoms with Crippen molar-refractivity contribution < 1.29 is 13.6 Å². The predicted octanol–water partition coefficient (Wildman–Crippen LogP) is 2.57. The summed E-state index contributed by atoms with van der Waals surface area (Å²) in [6.07, 6.45) is 1.48. The van der Waals surface area contributed by atoms with Gasteiger partial charge < -0.3 is 0 Å². The number of hydrogen-bond acceptors (Lipinski definition) is 2. The van der Waals surface area contributed by atoms with Crippen molar-refractivity contribution in [2.24, 2.45) is 0 Å². The molecule has 0 spiro atoms. The van der Waals surface area contributed by atoms with E-state index >= 15 is 0 Å². The Hall–Kier alpha value is -2.10. The number of rotatable bonds is 0. The Labute approximate surface area is 89.6 Å². The zero-order chi connectivity index (χ0) is 11.3. The Balaban J connectivity index is 2.43. The third kappa shape index (κ3) is 1.04. The second-order valence-electron chi connectivity index (χ2n) is 3.54. The SMILES string of the molecule is O=C1c2cccnc2-c2c(F)cc(F)cc21. The van der Waals surface area contributed by atoms with Gasteiger partial charge in [-0.25, -0.2) is 8.78 Å². The molecule has 1 aliphatic carbocycles. The van der Waals surface area contributed by atoms with Crippen LogP contribution in [0.3, 0.4) is 0 Å². The fourth-order valence-corrected chi connectivity index (χ4v) is 1.93. The van der Waals surface area contributed by atoms with Crippen molar-refractivity contribution in [2.75, 3.05) is 0 Å². The zero-order valence-corrected chi connectivity index (χ0v) is 8.00. The maximum absolute atomic E-state index is 13.6. The van der Waals surface area contributed by atoms with Crippen LogP contribution in [0.15, 0.2) is 30.5 Å². The van der Waals surface area contributed by atoms with Gasteiger partial charge in [-0.2, -0.15) is 0 Å². The minimum Gasteiger partial charge on any atom is -0.288 e. The molecule has 1 heterocycles. The second-order valence-corrected chi connectivity index (χ2v) is 3.54. The summed E-state index contributed by atoms with van der Waals surface area (Å²) in [7, 11) is 0. The van der Waals surface area contributed by atoms with Crippen LogP contribution in [0.2, 0.25) is 0 Å². The number of ketones is 1. The first-order chi connectivity index (χ1) is 7.68. The van der Waals surface area contributed by atoms with Gasteiger partial charge in [0.25, 0.3) is 0 Å². The molecule has 0 atom stereocenters. The van der Waals surface area contributed by atoms with E-state index in [1.165, 1.54) is 6.20 Å². The Morgan fingerprint density at radius 3 is 2.75 bits per heavy atom. The molecule has 0 saturated carbocycles. The molecule has 0 amide bonds. The molecular weight excluding hydrogens is 212 g/mol. The van der Waals surface area contributed by atoms with Crippen LogP contribution in [-0.4, -0.2) is 10.8 Å². The van der Waals surface area contributed by atoms with Gasteiger partial charge in [-0.05, 0) is 18.2 Å². The van der Waals surface area contributed by atoms with E-state index in [1.54, 1.807) is 12.1 Å². The molecule has 2 aromatic rings. The van der Waals surface area contributed by atoms with Gasteiger partial charge in [0.15, 0.2) is 5.78 Å². The van der Waals surface area contributed by atoms with Gasteiger partial charge in [0, 0.05) is 29.0 Å². The highest BCUT2D eigenvalue weighted by atomic mass is 19.1. The summed E-state index contributed by atoms with van der Waals surface area (Å²) in [5.74, 6) is -1.88. The summed E-state index contributed by atoms with van der Waals surface area (Å²) in [5.41, 5.74) is 0.759. The van der Waals surface area contributed by atoms with Crippen LogP contribution in [0.4, 0.5) is 8.78 Å². The average molecular weight is 217 g/mol. The zero-order valence-electron chi connectivity index (χ0n) is 8.00. The molecule has 3 rings (SSSR count). The maximum Gasteiger partial charge on any atom is 0.196 e. The number of nitrogens with zero attached hydrogens (tertiary/aromatic N) is 1. The summed E-state index contributed by atoms with van der Waals surface area (Å²) in [6.45, 7) is 0. The van der Waals surface area contributed by atoms with E-state index in [0.717, 1.165) is 12.1 Å². The Morgan fingerprint density at radius 1 is 1.12 bits per heavy atom. The molecule has 0 N–H and O–H groups in total. The minimum atomic E-state index is -0.752. The summed E-state index contributed by atoms with van der Waals surface area (Å²) in [4.78, 5) is 15.8. The highest BCUT2D eigenvalue weighted by Crippen LogP contribution is 2.36. The summed E-state index contributed by atoms with van der Waals surface area (Å²) >= 11 is 0. The Kier molecular flexibility index (Phi) is 1.68. The van der Waals surface area contributed by atoms with Crippen LogP contribution in [-0.2, 0) is 0 Å². The van der Waals surface area contributed by atoms with Crippen LogP contribution in [0.1, 0.15) is 15.9 Å².